The molecule has 0 aliphatic carbocycles. The Hall–Kier alpha value is -2.81. The number of hydrogen-bond acceptors (Lipinski definition) is 8. The molecule has 0 aromatic carbocycles. The Kier molecular flexibility index (Phi) is 14.8. The van der Waals surface area contributed by atoms with E-state index in [1.807, 2.05) is 0 Å². The zero-order chi connectivity index (χ0) is 21.7. The predicted octanol–water partition coefficient (Wildman–Crippen LogP) is -3.85. The highest BCUT2D eigenvalue weighted by Crippen LogP contribution is 1.97. The van der Waals surface area contributed by atoms with Crippen molar-refractivity contribution in [2.75, 3.05) is 66.0 Å². The molecule has 0 saturated carbocycles. The van der Waals surface area contributed by atoms with Gasteiger partial charge in [0.05, 0.1) is 32.7 Å². The molecule has 7 N–H and O–H groups in total. The predicted molar refractivity (Wildman–Crippen MR) is 97.5 cm³/mol. The summed E-state index contributed by atoms with van der Waals surface area (Å²) in [5, 5.41) is 38.0. The van der Waals surface area contributed by atoms with Gasteiger partial charge in [-0.25, -0.2) is 0 Å². The van der Waals surface area contributed by atoms with Crippen molar-refractivity contribution in [2.45, 2.75) is 0 Å². The van der Waals surface area contributed by atoms with E-state index < -0.39 is 56.0 Å². The average Bonchev–Trinajstić information content (AvgIpc) is 2.54. The zero-order valence-electron chi connectivity index (χ0n) is 16.0. The van der Waals surface area contributed by atoms with E-state index in [0.29, 0.717) is 0 Å². The summed E-state index contributed by atoms with van der Waals surface area (Å²) in [4.78, 5) is 59.0. The molecule has 0 rings (SSSR count). The van der Waals surface area contributed by atoms with Crippen molar-refractivity contribution in [1.29, 1.82) is 0 Å². The van der Waals surface area contributed by atoms with Gasteiger partial charge in [-0.1, -0.05) is 0 Å². The van der Waals surface area contributed by atoms with E-state index in [0.717, 1.165) is 4.90 Å². The van der Waals surface area contributed by atoms with E-state index in [2.05, 4.69) is 5.32 Å². The number of carbonyl (C=O) groups excluding carboxylic acids is 1. The third-order valence-corrected chi connectivity index (χ3v) is 3.55. The maximum atomic E-state index is 11.5. The highest BCUT2D eigenvalue weighted by Gasteiger charge is 2.19. The van der Waals surface area contributed by atoms with Crippen LogP contribution in [0.4, 0.5) is 0 Å². The van der Waals surface area contributed by atoms with Crippen molar-refractivity contribution in [3.05, 3.63) is 0 Å². The van der Waals surface area contributed by atoms with Gasteiger partial charge in [-0.3, -0.25) is 38.7 Å². The molecule has 14 nitrogen and oxygen atoms in total. The number of nitrogens with one attached hydrogen (secondary N) is 1. The highest BCUT2D eigenvalue weighted by atomic mass is 16.4. The van der Waals surface area contributed by atoms with Crippen molar-refractivity contribution >= 4 is 29.8 Å². The summed E-state index contributed by atoms with van der Waals surface area (Å²) in [6.07, 6.45) is 0. The maximum absolute atomic E-state index is 11.5. The van der Waals surface area contributed by atoms with Gasteiger partial charge in [0, 0.05) is 33.2 Å². The van der Waals surface area contributed by atoms with Gasteiger partial charge in [0.25, 0.3) is 0 Å². The molecule has 0 fully saturated rings. The van der Waals surface area contributed by atoms with Crippen molar-refractivity contribution in [3.8, 4) is 0 Å². The Balaban J connectivity index is 0. The Morgan fingerprint density at radius 2 is 0.862 bits per heavy atom. The Morgan fingerprint density at radius 1 is 0.586 bits per heavy atom. The van der Waals surface area contributed by atoms with Crippen LogP contribution in [0.5, 0.6) is 0 Å². The third kappa shape index (κ3) is 15.9. The number of amides is 1. The normalized spacial score (nSPS) is 10.6. The smallest absolute Gasteiger partial charge is 0.317 e. The third-order valence-electron chi connectivity index (χ3n) is 3.55. The Labute approximate surface area is 166 Å². The van der Waals surface area contributed by atoms with Crippen LogP contribution in [0.15, 0.2) is 0 Å². The van der Waals surface area contributed by atoms with Crippen LogP contribution in [-0.2, 0) is 24.0 Å². The molecule has 0 atom stereocenters. The van der Waals surface area contributed by atoms with Gasteiger partial charge in [0.15, 0.2) is 0 Å². The van der Waals surface area contributed by atoms with Crippen LogP contribution in [-0.4, -0.2) is 136 Å². The molecular formula is C15H28N4O10. The first-order valence-corrected chi connectivity index (χ1v) is 8.28. The number of nitrogens with zero attached hydrogens (tertiary/aromatic N) is 3. The van der Waals surface area contributed by atoms with E-state index in [-0.39, 0.29) is 38.2 Å². The number of likely N-dealkylation sites (N-methyl/N-ethyl adjacent to an activating group) is 1. The molecule has 168 valence electrons. The molecule has 0 aromatic heterocycles. The van der Waals surface area contributed by atoms with E-state index in [9.17, 15) is 24.0 Å². The van der Waals surface area contributed by atoms with Crippen LogP contribution in [0, 0.1) is 0 Å². The second-order valence-electron chi connectivity index (χ2n) is 5.95. The van der Waals surface area contributed by atoms with Gasteiger partial charge < -0.3 is 31.2 Å². The number of carboxylic acids is 4. The molecule has 0 aliphatic rings. The lowest BCUT2D eigenvalue weighted by molar-refractivity contribution is -0.143. The highest BCUT2D eigenvalue weighted by molar-refractivity contribution is 5.78. The van der Waals surface area contributed by atoms with Crippen molar-refractivity contribution in [3.63, 3.8) is 0 Å². The monoisotopic (exact) mass is 424 g/mol. The van der Waals surface area contributed by atoms with Gasteiger partial charge in [0.2, 0.25) is 5.91 Å². The van der Waals surface area contributed by atoms with Crippen LogP contribution in [0.1, 0.15) is 0 Å². The Bertz CT molecular complexity index is 555. The fourth-order valence-electron chi connectivity index (χ4n) is 2.31. The quantitative estimate of drug-likeness (QED) is 0.161. The minimum absolute atomic E-state index is 0. The molecular weight excluding hydrogens is 396 g/mol. The SMILES string of the molecule is CNC(=O)CN(CCN(CCN(CC(=O)O)CC(=O)O)CC(=O)O)CC(=O)O.O. The number of rotatable bonds is 16. The summed E-state index contributed by atoms with van der Waals surface area (Å²) in [7, 11) is 1.40. The standard InChI is InChI=1S/C15H26N4O9.H2O/c1-16-11(20)6-18(8-13(23)24)4-2-17(7-12(21)22)3-5-19(9-14(25)26)10-15(27)28;/h2-10H2,1H3,(H,16,20)(H,21,22)(H,23,24)(H,25,26)(H,27,28);1H2. The topological polar surface area (TPSA) is 220 Å². The fraction of sp³-hybridized carbons (Fsp3) is 0.667. The lowest BCUT2D eigenvalue weighted by Gasteiger charge is -2.27. The van der Waals surface area contributed by atoms with Gasteiger partial charge in [-0.2, -0.15) is 0 Å². The van der Waals surface area contributed by atoms with Crippen LogP contribution in [0.3, 0.4) is 0 Å². The van der Waals surface area contributed by atoms with E-state index >= 15 is 0 Å². The Morgan fingerprint density at radius 3 is 1.17 bits per heavy atom. The zero-order valence-corrected chi connectivity index (χ0v) is 16.0. The summed E-state index contributed by atoms with van der Waals surface area (Å²) < 4.78 is 0. The molecule has 0 aromatic rings. The second kappa shape index (κ2) is 15.2. The summed E-state index contributed by atoms with van der Waals surface area (Å²) in [5.74, 6) is -5.14. The number of carbonyl (C=O) groups is 5. The fourth-order valence-corrected chi connectivity index (χ4v) is 2.31. The number of aliphatic carboxylic acids is 4. The summed E-state index contributed by atoms with van der Waals surface area (Å²) in [6.45, 7) is -1.85. The minimum Gasteiger partial charge on any atom is -0.480 e. The van der Waals surface area contributed by atoms with Crippen molar-refractivity contribution in [2.24, 2.45) is 0 Å². The van der Waals surface area contributed by atoms with E-state index in [4.69, 9.17) is 20.4 Å². The van der Waals surface area contributed by atoms with E-state index in [1.54, 1.807) is 0 Å². The van der Waals surface area contributed by atoms with Gasteiger partial charge in [-0.15, -0.1) is 0 Å². The molecule has 0 saturated heterocycles. The van der Waals surface area contributed by atoms with Gasteiger partial charge in [-0.05, 0) is 0 Å². The molecule has 29 heavy (non-hydrogen) atoms. The first-order valence-electron chi connectivity index (χ1n) is 8.28. The van der Waals surface area contributed by atoms with Gasteiger partial charge >= 0.3 is 23.9 Å². The number of hydrogen-bond donors (Lipinski definition) is 5. The average molecular weight is 424 g/mol. The number of carboxylic acid groups (broad SMARTS) is 4. The summed E-state index contributed by atoms with van der Waals surface area (Å²) in [5.41, 5.74) is 0. The summed E-state index contributed by atoms with van der Waals surface area (Å²) >= 11 is 0. The maximum Gasteiger partial charge on any atom is 0.317 e. The minimum atomic E-state index is -1.22. The van der Waals surface area contributed by atoms with E-state index in [1.165, 1.54) is 16.8 Å². The largest absolute Gasteiger partial charge is 0.480 e. The second-order valence-corrected chi connectivity index (χ2v) is 5.95. The van der Waals surface area contributed by atoms with Crippen LogP contribution < -0.4 is 5.32 Å². The molecule has 0 spiro atoms. The molecule has 14 heteroatoms. The molecule has 0 bridgehead atoms. The molecule has 0 unspecified atom stereocenters. The molecule has 0 aliphatic heterocycles. The van der Waals surface area contributed by atoms with Crippen molar-refractivity contribution < 1.29 is 49.9 Å². The first kappa shape index (κ1) is 28.4. The van der Waals surface area contributed by atoms with Crippen molar-refractivity contribution in [1.82, 2.24) is 20.0 Å². The molecule has 0 radical (unpaired) electrons. The summed E-state index contributed by atoms with van der Waals surface area (Å²) in [6, 6.07) is 0. The van der Waals surface area contributed by atoms with Crippen LogP contribution in [0.2, 0.25) is 0 Å². The van der Waals surface area contributed by atoms with Gasteiger partial charge in [0.1, 0.15) is 0 Å². The molecule has 1 amide bonds. The lowest BCUT2D eigenvalue weighted by atomic mass is 10.3. The first-order chi connectivity index (χ1) is 13.0. The van der Waals surface area contributed by atoms with Crippen LogP contribution >= 0.6 is 0 Å². The lowest BCUT2D eigenvalue weighted by Crippen LogP contribution is -2.46. The van der Waals surface area contributed by atoms with Crippen LogP contribution in [0.25, 0.3) is 0 Å². The molecule has 0 heterocycles.